The minimum Gasteiger partial charge on any atom is -0.428 e. The van der Waals surface area contributed by atoms with Gasteiger partial charge < -0.3 is 15.2 Å². The Morgan fingerprint density at radius 3 is 2.68 bits per heavy atom. The number of aliphatic hydroxyl groups is 1. The quantitative estimate of drug-likeness (QED) is 0.801. The molecular weight excluding hydrogens is 302 g/mol. The first-order valence-electron chi connectivity index (χ1n) is 7.46. The summed E-state index contributed by atoms with van der Waals surface area (Å²) in [5.41, 5.74) is 0.590. The van der Waals surface area contributed by atoms with Gasteiger partial charge >= 0.3 is 0 Å². The zero-order valence-electron chi connectivity index (χ0n) is 12.9. The lowest BCUT2D eigenvalue weighted by atomic mass is 10.2. The van der Waals surface area contributed by atoms with E-state index >= 15 is 0 Å². The second-order valence-electron chi connectivity index (χ2n) is 5.19. The Hall–Kier alpha value is -1.56. The maximum Gasteiger partial charge on any atom is 0.0901 e. The maximum atomic E-state index is 10.1. The second-order valence-corrected chi connectivity index (χ2v) is 5.62. The Bertz CT molecular complexity index is 695. The Balaban J connectivity index is 2.25. The summed E-state index contributed by atoms with van der Waals surface area (Å²) in [7, 11) is 0. The van der Waals surface area contributed by atoms with E-state index in [0.29, 0.717) is 23.6 Å². The fourth-order valence-electron chi connectivity index (χ4n) is 2.40. The highest BCUT2D eigenvalue weighted by atomic mass is 35.5. The van der Waals surface area contributed by atoms with Crippen LogP contribution in [0.3, 0.4) is 0 Å². The minimum atomic E-state index is -0.510. The number of fused-ring (bicyclic) bond motifs is 1. The highest BCUT2D eigenvalue weighted by molar-refractivity contribution is 6.31. The minimum absolute atomic E-state index is 0.323. The molecule has 0 aliphatic heterocycles. The van der Waals surface area contributed by atoms with Crippen molar-refractivity contribution in [2.24, 2.45) is 4.99 Å². The van der Waals surface area contributed by atoms with Crippen molar-refractivity contribution in [3.63, 3.8) is 0 Å². The summed E-state index contributed by atoms with van der Waals surface area (Å²) in [6, 6.07) is 6.98. The van der Waals surface area contributed by atoms with Crippen molar-refractivity contribution in [2.45, 2.75) is 20.0 Å². The number of rotatable bonds is 6. The first kappa shape index (κ1) is 16.8. The highest BCUT2D eigenvalue weighted by Gasteiger charge is 2.08. The van der Waals surface area contributed by atoms with Gasteiger partial charge in [-0.2, -0.15) is 4.73 Å². The molecule has 0 fully saturated rings. The van der Waals surface area contributed by atoms with E-state index in [0.717, 1.165) is 28.6 Å². The van der Waals surface area contributed by atoms with Gasteiger partial charge in [0.1, 0.15) is 0 Å². The number of aromatic nitrogens is 1. The van der Waals surface area contributed by atoms with Crippen LogP contribution in [0.2, 0.25) is 5.02 Å². The largest absolute Gasteiger partial charge is 0.428 e. The van der Waals surface area contributed by atoms with Crippen molar-refractivity contribution in [1.29, 1.82) is 0 Å². The maximum absolute atomic E-state index is 10.1. The van der Waals surface area contributed by atoms with Gasteiger partial charge in [-0.15, -0.1) is 0 Å². The third kappa shape index (κ3) is 4.00. The summed E-state index contributed by atoms with van der Waals surface area (Å²) in [4.78, 5) is 6.64. The van der Waals surface area contributed by atoms with E-state index in [1.165, 1.54) is 6.20 Å². The molecule has 0 bridgehead atoms. The van der Waals surface area contributed by atoms with Crippen LogP contribution in [0.25, 0.3) is 10.9 Å². The fraction of sp³-hybridized carbons (Fsp3) is 0.438. The average Bonchev–Trinajstić information content (AvgIpc) is 2.52. The van der Waals surface area contributed by atoms with Gasteiger partial charge in [0.05, 0.1) is 23.5 Å². The number of hydrogen-bond donors (Lipinski definition) is 2. The van der Waals surface area contributed by atoms with E-state index < -0.39 is 6.10 Å². The molecule has 0 aliphatic carbocycles. The van der Waals surface area contributed by atoms with Gasteiger partial charge in [0.15, 0.2) is 0 Å². The predicted octanol–water partition coefficient (Wildman–Crippen LogP) is 2.14. The average molecular weight is 324 g/mol. The molecule has 0 aliphatic rings. The van der Waals surface area contributed by atoms with Gasteiger partial charge in [0.25, 0.3) is 0 Å². The monoisotopic (exact) mass is 323 g/mol. The molecule has 1 aromatic carbocycles. The summed E-state index contributed by atoms with van der Waals surface area (Å²) >= 11 is 5.96. The fourth-order valence-corrected chi connectivity index (χ4v) is 2.57. The first-order chi connectivity index (χ1) is 10.5. The molecule has 0 radical (unpaired) electrons. The van der Waals surface area contributed by atoms with E-state index in [4.69, 9.17) is 11.6 Å². The standard InChI is InChI=1S/C16H22ClN3O2/c1-3-19(4-2)11-13(21)10-18-15-7-8-20(22)16-9-12(17)5-6-14(15)16/h5-9,13,21-22H,3-4,10-11H2,1-2H3. The molecule has 120 valence electrons. The summed E-state index contributed by atoms with van der Waals surface area (Å²) in [5, 5.41) is 22.0. The van der Waals surface area contributed by atoms with Crippen molar-refractivity contribution < 1.29 is 10.3 Å². The molecule has 6 heteroatoms. The summed E-state index contributed by atoms with van der Waals surface area (Å²) < 4.78 is 1.02. The molecule has 1 atom stereocenters. The molecule has 2 rings (SSSR count). The van der Waals surface area contributed by atoms with Crippen LogP contribution in [-0.4, -0.2) is 52.2 Å². The van der Waals surface area contributed by atoms with Crippen molar-refractivity contribution in [3.05, 3.63) is 40.8 Å². The van der Waals surface area contributed by atoms with Crippen LogP contribution in [0.1, 0.15) is 13.8 Å². The molecule has 0 saturated heterocycles. The second kappa shape index (κ2) is 7.63. The number of aliphatic hydroxyl groups excluding tert-OH is 1. The Labute approximate surface area is 135 Å². The lowest BCUT2D eigenvalue weighted by molar-refractivity contribution is 0.124. The SMILES string of the molecule is CCN(CC)CC(O)CN=c1ccn(O)c2cc(Cl)ccc12. The highest BCUT2D eigenvalue weighted by Crippen LogP contribution is 2.15. The Morgan fingerprint density at radius 1 is 1.27 bits per heavy atom. The summed E-state index contributed by atoms with van der Waals surface area (Å²) in [6.07, 6.45) is 1.01. The third-order valence-corrected chi connectivity index (χ3v) is 3.93. The molecule has 5 nitrogen and oxygen atoms in total. The molecule has 1 heterocycles. The van der Waals surface area contributed by atoms with E-state index in [1.807, 2.05) is 6.07 Å². The molecule has 0 amide bonds. The van der Waals surface area contributed by atoms with Crippen molar-refractivity contribution in [3.8, 4) is 0 Å². The first-order valence-corrected chi connectivity index (χ1v) is 7.84. The number of halogens is 1. The molecule has 1 aromatic heterocycles. The summed E-state index contributed by atoms with van der Waals surface area (Å²) in [6.45, 7) is 6.88. The topological polar surface area (TPSA) is 61.0 Å². The van der Waals surface area contributed by atoms with Gasteiger partial charge in [0, 0.05) is 23.2 Å². The van der Waals surface area contributed by atoms with Crippen molar-refractivity contribution in [2.75, 3.05) is 26.2 Å². The van der Waals surface area contributed by atoms with Gasteiger partial charge in [-0.05, 0) is 37.4 Å². The van der Waals surface area contributed by atoms with Crippen molar-refractivity contribution in [1.82, 2.24) is 9.63 Å². The molecule has 22 heavy (non-hydrogen) atoms. The van der Waals surface area contributed by atoms with E-state index in [2.05, 4.69) is 23.7 Å². The van der Waals surface area contributed by atoms with Crippen LogP contribution in [0, 0.1) is 0 Å². The van der Waals surface area contributed by atoms with Crippen LogP contribution in [0.15, 0.2) is 35.5 Å². The summed E-state index contributed by atoms with van der Waals surface area (Å²) in [5.74, 6) is 0. The molecule has 0 spiro atoms. The van der Waals surface area contributed by atoms with Gasteiger partial charge in [-0.3, -0.25) is 4.99 Å². The lowest BCUT2D eigenvalue weighted by Gasteiger charge is -2.20. The number of nitrogens with zero attached hydrogens (tertiary/aromatic N) is 3. The van der Waals surface area contributed by atoms with Gasteiger partial charge in [-0.25, -0.2) is 0 Å². The number of likely N-dealkylation sites (N-methyl/N-ethyl adjacent to an activating group) is 1. The van der Waals surface area contributed by atoms with Crippen LogP contribution >= 0.6 is 11.6 Å². The number of hydrogen-bond acceptors (Lipinski definition) is 4. The Kier molecular flexibility index (Phi) is 5.83. The normalized spacial score (nSPS) is 14.0. The third-order valence-electron chi connectivity index (χ3n) is 3.69. The van der Waals surface area contributed by atoms with Crippen LogP contribution in [-0.2, 0) is 0 Å². The van der Waals surface area contributed by atoms with Gasteiger partial charge in [0.2, 0.25) is 0 Å². The zero-order chi connectivity index (χ0) is 16.1. The van der Waals surface area contributed by atoms with Crippen LogP contribution in [0.4, 0.5) is 0 Å². The van der Waals surface area contributed by atoms with Gasteiger partial charge in [-0.1, -0.05) is 25.4 Å². The smallest absolute Gasteiger partial charge is 0.0901 e. The molecule has 0 saturated carbocycles. The van der Waals surface area contributed by atoms with E-state index in [9.17, 15) is 10.3 Å². The molecule has 1 unspecified atom stereocenters. The lowest BCUT2D eigenvalue weighted by Crippen LogP contribution is -2.34. The Morgan fingerprint density at radius 2 is 2.00 bits per heavy atom. The van der Waals surface area contributed by atoms with E-state index in [1.54, 1.807) is 18.2 Å². The molecular formula is C16H22ClN3O2. The van der Waals surface area contributed by atoms with Crippen molar-refractivity contribution >= 4 is 22.5 Å². The molecule has 2 N–H and O–H groups in total. The van der Waals surface area contributed by atoms with E-state index in [-0.39, 0.29) is 0 Å². The zero-order valence-corrected chi connectivity index (χ0v) is 13.7. The van der Waals surface area contributed by atoms with Crippen LogP contribution < -0.4 is 5.36 Å². The predicted molar refractivity (Wildman–Crippen MR) is 88.4 cm³/mol. The number of benzene rings is 1. The number of pyridine rings is 1. The molecule has 2 aromatic rings. The van der Waals surface area contributed by atoms with Crippen LogP contribution in [0.5, 0.6) is 0 Å².